The van der Waals surface area contributed by atoms with Crippen molar-refractivity contribution in [2.24, 2.45) is 0 Å². The average Bonchev–Trinajstić information content (AvgIpc) is 0.722. The van der Waals surface area contributed by atoms with Crippen LogP contribution in [0.4, 0.5) is 0 Å². The fourth-order valence-electron chi connectivity index (χ4n) is 0. The van der Waals surface area contributed by atoms with Gasteiger partial charge in [-0.2, -0.15) is 0 Å². The van der Waals surface area contributed by atoms with E-state index in [1.54, 1.807) is 0 Å². The molecule has 6 heavy (non-hydrogen) atoms. The first-order chi connectivity index (χ1) is 2.00. The first-order valence-electron chi connectivity index (χ1n) is 0.632. The molecule has 0 heterocycles. The van der Waals surface area contributed by atoms with Crippen molar-refractivity contribution in [1.82, 2.24) is 0 Å². The summed E-state index contributed by atoms with van der Waals surface area (Å²) >= 11 is -5.06. The molecule has 4 nitrogen and oxygen atoms in total. The van der Waals surface area contributed by atoms with Crippen LogP contribution in [0.5, 0.6) is 0 Å². The topological polar surface area (TPSA) is 80.9 Å². The van der Waals surface area contributed by atoms with E-state index in [0.29, 0.717) is 0 Å². The van der Waals surface area contributed by atoms with Crippen LogP contribution in [0.15, 0.2) is 0 Å². The molecule has 6 heteroatoms. The van der Waals surface area contributed by atoms with Gasteiger partial charge < -0.3 is 0 Å². The van der Waals surface area contributed by atoms with E-state index in [1.807, 2.05) is 0 Å². The Bertz CT molecular complexity index is 23.0. The molecule has 0 aromatic heterocycles. The summed E-state index contributed by atoms with van der Waals surface area (Å²) in [5.41, 5.74) is 0. The van der Waals surface area contributed by atoms with E-state index in [1.165, 1.54) is 0 Å². The standard InChI is InChI=1S/Na.4H2O.Os/h;4*1H2;/q;;;;;+4/p-4. The first kappa shape index (κ1) is 10.5. The third-order valence-corrected chi connectivity index (χ3v) is 0. The SMILES string of the molecule is [Na].[OH][Os]([OH])([OH])[OH]. The summed E-state index contributed by atoms with van der Waals surface area (Å²) in [6.45, 7) is 0. The van der Waals surface area contributed by atoms with E-state index in [9.17, 15) is 0 Å². The van der Waals surface area contributed by atoms with Crippen molar-refractivity contribution < 1.29 is 32.1 Å². The molecule has 0 fully saturated rings. The van der Waals surface area contributed by atoms with Gasteiger partial charge in [0.1, 0.15) is 0 Å². The summed E-state index contributed by atoms with van der Waals surface area (Å²) < 4.78 is 29.5. The number of rotatable bonds is 0. The molecule has 0 spiro atoms. The van der Waals surface area contributed by atoms with Crippen LogP contribution in [-0.2, 0) is 16.5 Å². The van der Waals surface area contributed by atoms with Crippen LogP contribution in [-0.4, -0.2) is 45.2 Å². The van der Waals surface area contributed by atoms with Crippen molar-refractivity contribution in [3.63, 3.8) is 0 Å². The van der Waals surface area contributed by atoms with Crippen LogP contribution < -0.4 is 0 Å². The van der Waals surface area contributed by atoms with Crippen LogP contribution in [0.3, 0.4) is 0 Å². The Morgan fingerprint density at radius 1 is 0.833 bits per heavy atom. The van der Waals surface area contributed by atoms with Crippen molar-refractivity contribution in [2.75, 3.05) is 0 Å². The van der Waals surface area contributed by atoms with Crippen LogP contribution >= 0.6 is 0 Å². The molecule has 0 saturated heterocycles. The molecule has 0 aliphatic rings. The molecule has 0 aromatic carbocycles. The van der Waals surface area contributed by atoms with Gasteiger partial charge in [-0.05, 0) is 0 Å². The molecule has 0 aliphatic heterocycles. The predicted molar refractivity (Wildman–Crippen MR) is 14.6 cm³/mol. The average molecular weight is 281 g/mol. The minimum absolute atomic E-state index is 0. The van der Waals surface area contributed by atoms with Gasteiger partial charge in [-0.1, -0.05) is 0 Å². The molecular formula is H4NaO4Os. The van der Waals surface area contributed by atoms with Crippen molar-refractivity contribution in [2.45, 2.75) is 0 Å². The summed E-state index contributed by atoms with van der Waals surface area (Å²) in [5, 5.41) is 0. The van der Waals surface area contributed by atoms with Crippen molar-refractivity contribution in [3.05, 3.63) is 0 Å². The fourth-order valence-corrected chi connectivity index (χ4v) is 0. The van der Waals surface area contributed by atoms with Gasteiger partial charge in [-0.3, -0.25) is 0 Å². The molecule has 0 bridgehead atoms. The van der Waals surface area contributed by atoms with Gasteiger partial charge in [0.2, 0.25) is 0 Å². The Labute approximate surface area is 61.3 Å². The molecule has 0 aliphatic carbocycles. The minimum atomic E-state index is -5.06. The van der Waals surface area contributed by atoms with Crippen molar-refractivity contribution >= 4 is 29.6 Å². The van der Waals surface area contributed by atoms with Gasteiger partial charge in [-0.15, -0.1) is 0 Å². The summed E-state index contributed by atoms with van der Waals surface area (Å²) in [7, 11) is 0. The summed E-state index contributed by atoms with van der Waals surface area (Å²) in [6, 6.07) is 0. The molecule has 0 rings (SSSR count). The molecule has 37 valence electrons. The zero-order valence-electron chi connectivity index (χ0n) is 3.14. The maximum absolute atomic E-state index is 7.38. The second-order valence-electron chi connectivity index (χ2n) is 0.424. The fraction of sp³-hybridized carbons (Fsp3) is 0. The first-order valence-corrected chi connectivity index (χ1v) is 5.18. The normalized spacial score (nSPS) is 12.7. The van der Waals surface area contributed by atoms with E-state index >= 15 is 0 Å². The quantitative estimate of drug-likeness (QED) is 0.367. The van der Waals surface area contributed by atoms with E-state index < -0.39 is 16.5 Å². The van der Waals surface area contributed by atoms with Crippen LogP contribution in [0.1, 0.15) is 0 Å². The molecule has 0 unspecified atom stereocenters. The zero-order valence-corrected chi connectivity index (χ0v) is 7.68. The molecule has 0 atom stereocenters. The molecule has 1 radical (unpaired) electrons. The molecule has 0 amide bonds. The van der Waals surface area contributed by atoms with Crippen LogP contribution in [0.25, 0.3) is 0 Å². The molecular weight excluding hydrogens is 277 g/mol. The van der Waals surface area contributed by atoms with Gasteiger partial charge in [0.25, 0.3) is 0 Å². The second-order valence-corrected chi connectivity index (χ2v) is 3.47. The van der Waals surface area contributed by atoms with Crippen LogP contribution in [0, 0.1) is 0 Å². The Morgan fingerprint density at radius 2 is 0.833 bits per heavy atom. The zero-order chi connectivity index (χ0) is 4.50. The van der Waals surface area contributed by atoms with Crippen molar-refractivity contribution in [3.8, 4) is 0 Å². The molecule has 4 N–H and O–H groups in total. The Kier molecular flexibility index (Phi) is 6.06. The van der Waals surface area contributed by atoms with Crippen LogP contribution in [0.2, 0.25) is 0 Å². The third kappa shape index (κ3) is 50.3. The van der Waals surface area contributed by atoms with Gasteiger partial charge in [0.15, 0.2) is 0 Å². The Balaban J connectivity index is 0. The predicted octanol–water partition coefficient (Wildman–Crippen LogP) is -2.61. The van der Waals surface area contributed by atoms with E-state index in [2.05, 4.69) is 0 Å². The van der Waals surface area contributed by atoms with Crippen molar-refractivity contribution in [1.29, 1.82) is 0 Å². The van der Waals surface area contributed by atoms with Gasteiger partial charge in [0.05, 0.1) is 0 Å². The van der Waals surface area contributed by atoms with E-state index in [-0.39, 0.29) is 29.6 Å². The van der Waals surface area contributed by atoms with Gasteiger partial charge in [0, 0.05) is 29.6 Å². The third-order valence-electron chi connectivity index (χ3n) is 0. The van der Waals surface area contributed by atoms with Gasteiger partial charge >= 0.3 is 32.1 Å². The summed E-state index contributed by atoms with van der Waals surface area (Å²) in [4.78, 5) is 0. The summed E-state index contributed by atoms with van der Waals surface area (Å²) in [5.74, 6) is 0. The monoisotopic (exact) mass is 283 g/mol. The number of hydrogen-bond donors (Lipinski definition) is 4. The van der Waals surface area contributed by atoms with Gasteiger partial charge in [-0.25, -0.2) is 0 Å². The number of hydrogen-bond acceptors (Lipinski definition) is 4. The summed E-state index contributed by atoms with van der Waals surface area (Å²) in [6.07, 6.45) is 0. The van der Waals surface area contributed by atoms with E-state index in [4.69, 9.17) is 15.6 Å². The Morgan fingerprint density at radius 3 is 0.833 bits per heavy atom. The molecule has 0 saturated carbocycles. The second kappa shape index (κ2) is 3.47. The van der Waals surface area contributed by atoms with E-state index in [0.717, 1.165) is 0 Å². The maximum atomic E-state index is 7.38. The Hall–Kier alpha value is 1.48. The molecule has 0 aromatic rings.